The van der Waals surface area contributed by atoms with Gasteiger partial charge in [-0.05, 0) is 85.6 Å². The first-order chi connectivity index (χ1) is 16.9. The van der Waals surface area contributed by atoms with Crippen LogP contribution in [0.1, 0.15) is 60.9 Å². The first-order valence-corrected chi connectivity index (χ1v) is 12.7. The highest BCUT2D eigenvalue weighted by Crippen LogP contribution is 2.25. The maximum atomic E-state index is 12.9. The molecule has 188 valence electrons. The van der Waals surface area contributed by atoms with E-state index in [9.17, 15) is 9.59 Å². The zero-order valence-electron chi connectivity index (χ0n) is 20.9. The summed E-state index contributed by atoms with van der Waals surface area (Å²) < 4.78 is 6.50. The Morgan fingerprint density at radius 3 is 2.14 bits per heavy atom. The van der Waals surface area contributed by atoms with Gasteiger partial charge in [-0.3, -0.25) is 14.9 Å². The Bertz CT molecular complexity index is 1270. The normalized spacial score (nSPS) is 11.1. The first-order valence-electron chi connectivity index (χ1n) is 11.5. The fourth-order valence-electron chi connectivity index (χ4n) is 3.37. The van der Waals surface area contributed by atoms with Gasteiger partial charge in [0, 0.05) is 21.4 Å². The fraction of sp³-hybridized carbons (Fsp3) is 0.250. The largest absolute Gasteiger partial charge is 0.490 e. The summed E-state index contributed by atoms with van der Waals surface area (Å²) in [5, 5.41) is 8.69. The Morgan fingerprint density at radius 2 is 1.53 bits per heavy atom. The molecule has 0 spiro atoms. The van der Waals surface area contributed by atoms with Crippen LogP contribution in [0.2, 0.25) is 0 Å². The zero-order valence-corrected chi connectivity index (χ0v) is 23.3. The van der Waals surface area contributed by atoms with Crippen LogP contribution in [0.25, 0.3) is 0 Å². The molecule has 0 heterocycles. The molecule has 0 aliphatic carbocycles. The van der Waals surface area contributed by atoms with Crippen molar-refractivity contribution < 1.29 is 14.3 Å². The number of nitrogens with one attached hydrogen (secondary N) is 3. The quantitative estimate of drug-likeness (QED) is 0.282. The van der Waals surface area contributed by atoms with Gasteiger partial charge >= 0.3 is 0 Å². The molecule has 8 heteroatoms. The van der Waals surface area contributed by atoms with Gasteiger partial charge in [0.1, 0.15) is 5.75 Å². The number of benzene rings is 3. The molecule has 0 bridgehead atoms. The van der Waals surface area contributed by atoms with Gasteiger partial charge in [0.25, 0.3) is 11.8 Å². The Labute approximate surface area is 226 Å². The molecule has 0 aliphatic heterocycles. The molecule has 0 atom stereocenters. The summed E-state index contributed by atoms with van der Waals surface area (Å²) in [6.07, 6.45) is -0.0859. The van der Waals surface area contributed by atoms with E-state index in [1.54, 1.807) is 36.4 Å². The van der Waals surface area contributed by atoms with Crippen molar-refractivity contribution in [3.8, 4) is 5.75 Å². The van der Waals surface area contributed by atoms with Crippen molar-refractivity contribution in [3.63, 3.8) is 0 Å². The lowest BCUT2D eigenvalue weighted by Gasteiger charge is -2.19. The van der Waals surface area contributed by atoms with Crippen LogP contribution in [-0.2, 0) is 5.41 Å². The Hall–Kier alpha value is -3.23. The molecule has 0 unspecified atom stereocenters. The Morgan fingerprint density at radius 1 is 0.889 bits per heavy atom. The second-order valence-electron chi connectivity index (χ2n) is 9.58. The van der Waals surface area contributed by atoms with E-state index < -0.39 is 5.91 Å². The number of halogens is 1. The first kappa shape index (κ1) is 27.4. The minimum Gasteiger partial charge on any atom is -0.490 e. The fourth-order valence-corrected chi connectivity index (χ4v) is 3.94. The molecule has 0 aliphatic rings. The summed E-state index contributed by atoms with van der Waals surface area (Å²) >= 11 is 8.73. The maximum absolute atomic E-state index is 12.9. The van der Waals surface area contributed by atoms with Crippen LogP contribution in [0.4, 0.5) is 11.4 Å². The minimum atomic E-state index is -0.396. The molecule has 3 aromatic rings. The van der Waals surface area contributed by atoms with Crippen LogP contribution in [-0.4, -0.2) is 23.0 Å². The van der Waals surface area contributed by atoms with Crippen LogP contribution in [0.5, 0.6) is 5.75 Å². The highest BCUT2D eigenvalue weighted by molar-refractivity contribution is 9.10. The number of carbonyl (C=O) groups excluding carboxylic acids is 2. The molecule has 3 N–H and O–H groups in total. The lowest BCUT2D eigenvalue weighted by molar-refractivity contribution is 0.0970. The van der Waals surface area contributed by atoms with Gasteiger partial charge in [-0.2, -0.15) is 0 Å². The van der Waals surface area contributed by atoms with Gasteiger partial charge in [-0.15, -0.1) is 0 Å². The molecule has 3 rings (SSSR count). The summed E-state index contributed by atoms with van der Waals surface area (Å²) in [6, 6.07) is 19.9. The SMILES string of the molecule is CC(C)Oc1ccc(Br)cc1C(=O)NC(=S)Nc1cccc(NC(=O)c2ccc(C(C)(C)C)cc2)c1. The van der Waals surface area contributed by atoms with Gasteiger partial charge in [0.05, 0.1) is 11.7 Å². The predicted molar refractivity (Wildman–Crippen MR) is 153 cm³/mol. The molecule has 2 amide bonds. The molecule has 0 saturated carbocycles. The number of hydrogen-bond donors (Lipinski definition) is 3. The molecule has 36 heavy (non-hydrogen) atoms. The summed E-state index contributed by atoms with van der Waals surface area (Å²) in [6.45, 7) is 10.2. The lowest BCUT2D eigenvalue weighted by Crippen LogP contribution is -2.34. The highest BCUT2D eigenvalue weighted by Gasteiger charge is 2.17. The number of rotatable bonds is 6. The van der Waals surface area contributed by atoms with Crippen molar-refractivity contribution in [3.05, 3.63) is 87.9 Å². The maximum Gasteiger partial charge on any atom is 0.261 e. The van der Waals surface area contributed by atoms with Gasteiger partial charge in [0.15, 0.2) is 5.11 Å². The summed E-state index contributed by atoms with van der Waals surface area (Å²) in [7, 11) is 0. The molecular weight excluding hydrogens is 538 g/mol. The van der Waals surface area contributed by atoms with Crippen LogP contribution >= 0.6 is 28.1 Å². The third-order valence-electron chi connectivity index (χ3n) is 5.17. The third-order valence-corrected chi connectivity index (χ3v) is 5.86. The number of ether oxygens (including phenoxy) is 1. The van der Waals surface area contributed by atoms with Crippen molar-refractivity contribution in [2.45, 2.75) is 46.1 Å². The minimum absolute atomic E-state index is 0.0167. The van der Waals surface area contributed by atoms with E-state index in [1.165, 1.54) is 0 Å². The van der Waals surface area contributed by atoms with Gasteiger partial charge in [0.2, 0.25) is 0 Å². The topological polar surface area (TPSA) is 79.5 Å². The molecule has 6 nitrogen and oxygen atoms in total. The van der Waals surface area contributed by atoms with Crippen LogP contribution in [0.15, 0.2) is 71.2 Å². The van der Waals surface area contributed by atoms with E-state index in [0.29, 0.717) is 28.3 Å². The second-order valence-corrected chi connectivity index (χ2v) is 10.9. The van der Waals surface area contributed by atoms with E-state index >= 15 is 0 Å². The van der Waals surface area contributed by atoms with E-state index in [1.807, 2.05) is 44.2 Å². The number of carbonyl (C=O) groups is 2. The van der Waals surface area contributed by atoms with E-state index in [2.05, 4.69) is 52.7 Å². The lowest BCUT2D eigenvalue weighted by atomic mass is 9.87. The zero-order chi connectivity index (χ0) is 26.5. The van der Waals surface area contributed by atoms with Crippen molar-refractivity contribution in [2.24, 2.45) is 0 Å². The molecule has 3 aromatic carbocycles. The van der Waals surface area contributed by atoms with Crippen molar-refractivity contribution in [2.75, 3.05) is 10.6 Å². The van der Waals surface area contributed by atoms with Crippen LogP contribution in [0, 0.1) is 0 Å². The number of thiocarbonyl (C=S) groups is 1. The Kier molecular flexibility index (Phi) is 8.87. The number of amides is 2. The van der Waals surface area contributed by atoms with E-state index in [4.69, 9.17) is 17.0 Å². The predicted octanol–water partition coefficient (Wildman–Crippen LogP) is 6.91. The molecule has 0 radical (unpaired) electrons. The van der Waals surface area contributed by atoms with Gasteiger partial charge in [-0.25, -0.2) is 0 Å². The van der Waals surface area contributed by atoms with Gasteiger partial charge in [-0.1, -0.05) is 54.9 Å². The van der Waals surface area contributed by atoms with Crippen molar-refractivity contribution in [1.29, 1.82) is 0 Å². The number of hydrogen-bond acceptors (Lipinski definition) is 4. The highest BCUT2D eigenvalue weighted by atomic mass is 79.9. The average molecular weight is 569 g/mol. The van der Waals surface area contributed by atoms with Crippen LogP contribution < -0.4 is 20.7 Å². The average Bonchev–Trinajstić information content (AvgIpc) is 2.79. The summed E-state index contributed by atoms with van der Waals surface area (Å²) in [4.78, 5) is 25.6. The van der Waals surface area contributed by atoms with Crippen molar-refractivity contribution >= 4 is 56.4 Å². The molecule has 0 saturated heterocycles. The van der Waals surface area contributed by atoms with E-state index in [-0.39, 0.29) is 22.5 Å². The molecular formula is C28H30BrN3O3S. The van der Waals surface area contributed by atoms with Crippen LogP contribution in [0.3, 0.4) is 0 Å². The van der Waals surface area contributed by atoms with Gasteiger partial charge < -0.3 is 15.4 Å². The molecule has 0 fully saturated rings. The van der Waals surface area contributed by atoms with E-state index in [0.717, 1.165) is 10.0 Å². The molecule has 0 aromatic heterocycles. The number of anilines is 2. The standard InChI is InChI=1S/C28H30BrN3O3S/c1-17(2)35-24-14-13-20(29)15-23(24)26(34)32-27(36)31-22-8-6-7-21(16-22)30-25(33)18-9-11-19(12-10-18)28(3,4)5/h6-17H,1-5H3,(H,30,33)(H2,31,32,34,36). The monoisotopic (exact) mass is 567 g/mol. The summed E-state index contributed by atoms with van der Waals surface area (Å²) in [5.41, 5.74) is 3.32. The third kappa shape index (κ3) is 7.63. The second kappa shape index (κ2) is 11.7. The Balaban J connectivity index is 1.65. The smallest absolute Gasteiger partial charge is 0.261 e. The van der Waals surface area contributed by atoms with Crippen molar-refractivity contribution in [1.82, 2.24) is 5.32 Å². The summed E-state index contributed by atoms with van der Waals surface area (Å²) in [5.74, 6) is -0.142.